The summed E-state index contributed by atoms with van der Waals surface area (Å²) < 4.78 is 17.0. The van der Waals surface area contributed by atoms with E-state index in [9.17, 15) is 4.79 Å². The molecule has 1 amide bonds. The predicted molar refractivity (Wildman–Crippen MR) is 146 cm³/mol. The number of nitrogens with zero attached hydrogens (tertiary/aromatic N) is 4. The second-order valence-corrected chi connectivity index (χ2v) is 9.69. The second-order valence-electron chi connectivity index (χ2n) is 9.69. The van der Waals surface area contributed by atoms with Gasteiger partial charge in [0.1, 0.15) is 6.26 Å². The van der Waals surface area contributed by atoms with Crippen molar-refractivity contribution in [3.05, 3.63) is 77.6 Å². The molecule has 1 fully saturated rings. The molecule has 1 aliphatic heterocycles. The van der Waals surface area contributed by atoms with E-state index in [0.29, 0.717) is 49.3 Å². The number of piperazine rings is 1. The first-order valence-corrected chi connectivity index (χ1v) is 12.9. The van der Waals surface area contributed by atoms with Gasteiger partial charge in [0, 0.05) is 61.9 Å². The standard InChI is InChI=1S/C29H35N5O4/c1-32-13-15-34(16-14-32)29(35)25-20-38-27(31-25)19-33(18-22-7-6-10-26(36-2)28(22)37-3)12-11-21-17-30-24-9-5-4-8-23(21)24/h4-10,17,20,30H,11-16,18-19H2,1-3H3. The Morgan fingerprint density at radius 2 is 1.84 bits per heavy atom. The van der Waals surface area contributed by atoms with Crippen molar-refractivity contribution in [2.45, 2.75) is 19.5 Å². The quantitative estimate of drug-likeness (QED) is 0.342. The summed E-state index contributed by atoms with van der Waals surface area (Å²) in [5, 5.41) is 1.22. The lowest BCUT2D eigenvalue weighted by Crippen LogP contribution is -2.47. The summed E-state index contributed by atoms with van der Waals surface area (Å²) in [7, 11) is 5.36. The van der Waals surface area contributed by atoms with Crippen LogP contribution < -0.4 is 9.47 Å². The van der Waals surface area contributed by atoms with Gasteiger partial charge in [0.2, 0.25) is 5.89 Å². The van der Waals surface area contributed by atoms with Crippen LogP contribution in [0, 0.1) is 0 Å². The van der Waals surface area contributed by atoms with Crippen molar-refractivity contribution in [1.82, 2.24) is 24.7 Å². The maximum Gasteiger partial charge on any atom is 0.275 e. The largest absolute Gasteiger partial charge is 0.493 e. The third-order valence-corrected chi connectivity index (χ3v) is 7.17. The van der Waals surface area contributed by atoms with Crippen LogP contribution in [0.2, 0.25) is 0 Å². The van der Waals surface area contributed by atoms with Crippen LogP contribution >= 0.6 is 0 Å². The van der Waals surface area contributed by atoms with E-state index in [4.69, 9.17) is 13.9 Å². The first-order chi connectivity index (χ1) is 18.6. The number of likely N-dealkylation sites (N-methyl/N-ethyl adjacent to an activating group) is 1. The number of hydrogen-bond donors (Lipinski definition) is 1. The van der Waals surface area contributed by atoms with Crippen LogP contribution in [0.1, 0.15) is 27.5 Å². The Morgan fingerprint density at radius 3 is 2.63 bits per heavy atom. The number of aromatic amines is 1. The summed E-state index contributed by atoms with van der Waals surface area (Å²) in [4.78, 5) is 27.3. The number of benzene rings is 2. The molecule has 5 rings (SSSR count). The molecule has 0 spiro atoms. The van der Waals surface area contributed by atoms with Gasteiger partial charge in [0.15, 0.2) is 17.2 Å². The molecular formula is C29H35N5O4. The van der Waals surface area contributed by atoms with Gasteiger partial charge in [-0.1, -0.05) is 30.3 Å². The number of rotatable bonds is 10. The number of aromatic nitrogens is 2. The molecule has 1 aliphatic rings. The molecular weight excluding hydrogens is 482 g/mol. The molecule has 0 saturated carbocycles. The summed E-state index contributed by atoms with van der Waals surface area (Å²) in [6.45, 7) is 4.94. The monoisotopic (exact) mass is 517 g/mol. The Morgan fingerprint density at radius 1 is 1.03 bits per heavy atom. The molecule has 0 atom stereocenters. The van der Waals surface area contributed by atoms with Gasteiger partial charge in [-0.2, -0.15) is 0 Å². The number of ether oxygens (including phenoxy) is 2. The number of nitrogens with one attached hydrogen (secondary N) is 1. The van der Waals surface area contributed by atoms with Crippen molar-refractivity contribution in [2.24, 2.45) is 0 Å². The van der Waals surface area contributed by atoms with Gasteiger partial charge in [0.05, 0.1) is 20.8 Å². The second kappa shape index (κ2) is 11.7. The molecule has 3 heterocycles. The molecule has 2 aromatic heterocycles. The number of oxazole rings is 1. The Hall–Kier alpha value is -3.82. The highest BCUT2D eigenvalue weighted by molar-refractivity contribution is 5.92. The van der Waals surface area contributed by atoms with Crippen molar-refractivity contribution < 1.29 is 18.7 Å². The fraction of sp³-hybridized carbons (Fsp3) is 0.379. The molecule has 38 heavy (non-hydrogen) atoms. The van der Waals surface area contributed by atoms with Crippen molar-refractivity contribution in [2.75, 3.05) is 54.0 Å². The van der Waals surface area contributed by atoms with Crippen molar-refractivity contribution in [1.29, 1.82) is 0 Å². The summed E-state index contributed by atoms with van der Waals surface area (Å²) >= 11 is 0. The zero-order valence-electron chi connectivity index (χ0n) is 22.3. The number of hydrogen-bond acceptors (Lipinski definition) is 7. The molecule has 4 aromatic rings. The minimum absolute atomic E-state index is 0.0760. The van der Waals surface area contributed by atoms with E-state index in [2.05, 4.69) is 51.2 Å². The number of fused-ring (bicyclic) bond motifs is 1. The number of para-hydroxylation sites is 2. The van der Waals surface area contributed by atoms with E-state index in [0.717, 1.165) is 37.1 Å². The third kappa shape index (κ3) is 5.69. The molecule has 0 radical (unpaired) electrons. The topological polar surface area (TPSA) is 87.1 Å². The molecule has 0 bridgehead atoms. The summed E-state index contributed by atoms with van der Waals surface area (Å²) in [6.07, 6.45) is 4.40. The van der Waals surface area contributed by atoms with Crippen LogP contribution in [0.15, 0.2) is 59.3 Å². The molecule has 0 unspecified atom stereocenters. The number of H-pyrrole nitrogens is 1. The van der Waals surface area contributed by atoms with Crippen molar-refractivity contribution >= 4 is 16.8 Å². The SMILES string of the molecule is COc1cccc(CN(CCc2c[nH]c3ccccc23)Cc2nc(C(=O)N3CCN(C)CC3)co2)c1OC. The first-order valence-electron chi connectivity index (χ1n) is 12.9. The maximum absolute atomic E-state index is 13.0. The maximum atomic E-state index is 13.0. The zero-order valence-corrected chi connectivity index (χ0v) is 22.3. The van der Waals surface area contributed by atoms with Crippen molar-refractivity contribution in [3.63, 3.8) is 0 Å². The normalized spacial score (nSPS) is 14.4. The highest BCUT2D eigenvalue weighted by Gasteiger charge is 2.24. The molecule has 9 heteroatoms. The van der Waals surface area contributed by atoms with E-state index in [-0.39, 0.29) is 5.91 Å². The van der Waals surface area contributed by atoms with Gasteiger partial charge in [-0.3, -0.25) is 9.69 Å². The number of amides is 1. The van der Waals surface area contributed by atoms with Crippen LogP contribution in [0.25, 0.3) is 10.9 Å². The van der Waals surface area contributed by atoms with Gasteiger partial charge >= 0.3 is 0 Å². The van der Waals surface area contributed by atoms with Crippen LogP contribution in [0.3, 0.4) is 0 Å². The molecule has 1 saturated heterocycles. The lowest BCUT2D eigenvalue weighted by atomic mass is 10.1. The van der Waals surface area contributed by atoms with Gasteiger partial charge in [-0.25, -0.2) is 4.98 Å². The van der Waals surface area contributed by atoms with Gasteiger partial charge in [-0.05, 0) is 31.2 Å². The highest BCUT2D eigenvalue weighted by Crippen LogP contribution is 2.32. The lowest BCUT2D eigenvalue weighted by molar-refractivity contribution is 0.0658. The molecule has 0 aliphatic carbocycles. The van der Waals surface area contributed by atoms with Crippen LogP contribution in [-0.4, -0.2) is 84.6 Å². The molecule has 9 nitrogen and oxygen atoms in total. The van der Waals surface area contributed by atoms with Crippen LogP contribution in [-0.2, 0) is 19.5 Å². The number of carbonyl (C=O) groups excluding carboxylic acids is 1. The Bertz CT molecular complexity index is 1370. The molecule has 200 valence electrons. The van der Waals surface area contributed by atoms with Crippen LogP contribution in [0.4, 0.5) is 0 Å². The zero-order chi connectivity index (χ0) is 26.5. The van der Waals surface area contributed by atoms with E-state index < -0.39 is 0 Å². The Balaban J connectivity index is 1.34. The third-order valence-electron chi connectivity index (χ3n) is 7.17. The van der Waals surface area contributed by atoms with E-state index in [1.54, 1.807) is 14.2 Å². The van der Waals surface area contributed by atoms with E-state index in [1.807, 2.05) is 29.2 Å². The Labute approximate surface area is 222 Å². The minimum Gasteiger partial charge on any atom is -0.493 e. The van der Waals surface area contributed by atoms with Crippen molar-refractivity contribution in [3.8, 4) is 11.5 Å². The molecule has 1 N–H and O–H groups in total. The van der Waals surface area contributed by atoms with Gasteiger partial charge < -0.3 is 28.7 Å². The van der Waals surface area contributed by atoms with Gasteiger partial charge in [0.25, 0.3) is 5.91 Å². The van der Waals surface area contributed by atoms with E-state index >= 15 is 0 Å². The summed E-state index contributed by atoms with van der Waals surface area (Å²) in [6, 6.07) is 14.2. The Kier molecular flexibility index (Phi) is 7.95. The van der Waals surface area contributed by atoms with E-state index in [1.165, 1.54) is 17.2 Å². The average molecular weight is 518 g/mol. The number of carbonyl (C=O) groups is 1. The summed E-state index contributed by atoms with van der Waals surface area (Å²) in [5.41, 5.74) is 3.75. The smallest absolute Gasteiger partial charge is 0.275 e. The lowest BCUT2D eigenvalue weighted by Gasteiger charge is -2.31. The fourth-order valence-corrected chi connectivity index (χ4v) is 4.99. The van der Waals surface area contributed by atoms with Crippen LogP contribution in [0.5, 0.6) is 11.5 Å². The predicted octanol–water partition coefficient (Wildman–Crippen LogP) is 3.81. The minimum atomic E-state index is -0.0760. The molecule has 2 aromatic carbocycles. The summed E-state index contributed by atoms with van der Waals surface area (Å²) in [5.74, 6) is 1.85. The number of methoxy groups -OCH3 is 2. The fourth-order valence-electron chi connectivity index (χ4n) is 4.99. The first kappa shape index (κ1) is 25.8. The highest BCUT2D eigenvalue weighted by atomic mass is 16.5. The average Bonchev–Trinajstić information content (AvgIpc) is 3.58. The van der Waals surface area contributed by atoms with Gasteiger partial charge in [-0.15, -0.1) is 0 Å².